The van der Waals surface area contributed by atoms with Crippen molar-refractivity contribution in [1.29, 1.82) is 5.41 Å². The van der Waals surface area contributed by atoms with Crippen LogP contribution in [0.25, 0.3) is 0 Å². The number of hydrogen-bond acceptors (Lipinski definition) is 3. The summed E-state index contributed by atoms with van der Waals surface area (Å²) >= 11 is 0. The van der Waals surface area contributed by atoms with Gasteiger partial charge in [-0.15, -0.1) is 0 Å². The molecule has 2 unspecified atom stereocenters. The highest BCUT2D eigenvalue weighted by atomic mass is 16.7. The Morgan fingerprint density at radius 2 is 2.00 bits per heavy atom. The Hall–Kier alpha value is -2.03. The van der Waals surface area contributed by atoms with Crippen LogP contribution in [0.3, 0.4) is 0 Å². The SMILES string of the molecule is N=C1C=C2C=CCCC2C(c2ccc3c(c2)OCO3)C1. The molecule has 1 aromatic carbocycles. The van der Waals surface area contributed by atoms with Crippen molar-refractivity contribution in [1.82, 2.24) is 0 Å². The zero-order valence-corrected chi connectivity index (χ0v) is 11.3. The van der Waals surface area contributed by atoms with E-state index < -0.39 is 0 Å². The number of rotatable bonds is 1. The molecule has 102 valence electrons. The maximum atomic E-state index is 8.08. The Morgan fingerprint density at radius 1 is 1.10 bits per heavy atom. The molecule has 3 nitrogen and oxygen atoms in total. The van der Waals surface area contributed by atoms with Crippen molar-refractivity contribution in [2.45, 2.75) is 25.2 Å². The van der Waals surface area contributed by atoms with Crippen molar-refractivity contribution in [3.05, 3.63) is 47.6 Å². The molecule has 0 fully saturated rings. The first kappa shape index (κ1) is 11.8. The lowest BCUT2D eigenvalue weighted by Gasteiger charge is -2.34. The van der Waals surface area contributed by atoms with Gasteiger partial charge in [-0.3, -0.25) is 0 Å². The minimum Gasteiger partial charge on any atom is -0.454 e. The van der Waals surface area contributed by atoms with Gasteiger partial charge in [0, 0.05) is 5.71 Å². The summed E-state index contributed by atoms with van der Waals surface area (Å²) in [7, 11) is 0. The highest BCUT2D eigenvalue weighted by molar-refractivity contribution is 5.95. The van der Waals surface area contributed by atoms with Gasteiger partial charge in [0.15, 0.2) is 11.5 Å². The van der Waals surface area contributed by atoms with E-state index in [0.717, 1.165) is 30.1 Å². The molecule has 2 atom stereocenters. The molecule has 2 aliphatic carbocycles. The maximum absolute atomic E-state index is 8.08. The molecule has 0 amide bonds. The van der Waals surface area contributed by atoms with Crippen molar-refractivity contribution in [2.75, 3.05) is 6.79 Å². The van der Waals surface area contributed by atoms with Crippen molar-refractivity contribution in [3.63, 3.8) is 0 Å². The quantitative estimate of drug-likeness (QED) is 0.840. The fraction of sp³-hybridized carbons (Fsp3) is 0.353. The minimum atomic E-state index is 0.316. The predicted molar refractivity (Wildman–Crippen MR) is 77.6 cm³/mol. The predicted octanol–water partition coefficient (Wildman–Crippen LogP) is 3.81. The Bertz CT molecular complexity index is 630. The van der Waals surface area contributed by atoms with Crippen LogP contribution in [0.4, 0.5) is 0 Å². The van der Waals surface area contributed by atoms with Crippen molar-refractivity contribution >= 4 is 5.71 Å². The van der Waals surface area contributed by atoms with E-state index in [0.29, 0.717) is 18.6 Å². The van der Waals surface area contributed by atoms with E-state index in [4.69, 9.17) is 14.9 Å². The van der Waals surface area contributed by atoms with Gasteiger partial charge >= 0.3 is 0 Å². The van der Waals surface area contributed by atoms with Gasteiger partial charge in [0.05, 0.1) is 0 Å². The first-order chi connectivity index (χ1) is 9.81. The maximum Gasteiger partial charge on any atom is 0.231 e. The molecule has 1 heterocycles. The van der Waals surface area contributed by atoms with E-state index in [9.17, 15) is 0 Å². The second-order valence-corrected chi connectivity index (χ2v) is 5.68. The summed E-state index contributed by atoms with van der Waals surface area (Å²) in [5.41, 5.74) is 3.31. The largest absolute Gasteiger partial charge is 0.454 e. The lowest BCUT2D eigenvalue weighted by atomic mass is 9.70. The zero-order chi connectivity index (χ0) is 13.5. The summed E-state index contributed by atoms with van der Waals surface area (Å²) in [6.07, 6.45) is 9.59. The summed E-state index contributed by atoms with van der Waals surface area (Å²) in [6.45, 7) is 0.316. The Labute approximate surface area is 118 Å². The van der Waals surface area contributed by atoms with E-state index in [1.807, 2.05) is 12.1 Å². The van der Waals surface area contributed by atoms with Gasteiger partial charge in [0.1, 0.15) is 0 Å². The molecule has 0 saturated heterocycles. The van der Waals surface area contributed by atoms with Gasteiger partial charge in [0.2, 0.25) is 6.79 Å². The van der Waals surface area contributed by atoms with Gasteiger partial charge in [-0.05, 0) is 60.4 Å². The molecule has 1 aliphatic heterocycles. The van der Waals surface area contributed by atoms with Crippen molar-refractivity contribution in [3.8, 4) is 11.5 Å². The number of allylic oxidation sites excluding steroid dienone is 4. The topological polar surface area (TPSA) is 42.3 Å². The zero-order valence-electron chi connectivity index (χ0n) is 11.3. The van der Waals surface area contributed by atoms with Crippen LogP contribution < -0.4 is 9.47 Å². The van der Waals surface area contributed by atoms with E-state index in [1.165, 1.54) is 17.6 Å². The number of ether oxygens (including phenoxy) is 2. The molecule has 0 radical (unpaired) electrons. The van der Waals surface area contributed by atoms with Crippen molar-refractivity contribution < 1.29 is 9.47 Å². The van der Waals surface area contributed by atoms with Gasteiger partial charge in [-0.25, -0.2) is 0 Å². The first-order valence-electron chi connectivity index (χ1n) is 7.16. The molecule has 0 bridgehead atoms. The Kier molecular flexibility index (Phi) is 2.66. The molecule has 3 aliphatic rings. The lowest BCUT2D eigenvalue weighted by molar-refractivity contribution is 0.174. The fourth-order valence-corrected chi connectivity index (χ4v) is 3.51. The lowest BCUT2D eigenvalue weighted by Crippen LogP contribution is -2.24. The van der Waals surface area contributed by atoms with Crippen LogP contribution in [-0.2, 0) is 0 Å². The van der Waals surface area contributed by atoms with Crippen LogP contribution in [0.1, 0.15) is 30.7 Å². The summed E-state index contributed by atoms with van der Waals surface area (Å²) in [5, 5.41) is 8.08. The summed E-state index contributed by atoms with van der Waals surface area (Å²) in [4.78, 5) is 0. The average Bonchev–Trinajstić information content (AvgIpc) is 2.93. The molecule has 4 rings (SSSR count). The Morgan fingerprint density at radius 3 is 2.95 bits per heavy atom. The van der Waals surface area contributed by atoms with Crippen LogP contribution in [-0.4, -0.2) is 12.5 Å². The third-order valence-electron chi connectivity index (χ3n) is 4.47. The third kappa shape index (κ3) is 1.85. The first-order valence-corrected chi connectivity index (χ1v) is 7.16. The van der Waals surface area contributed by atoms with Crippen LogP contribution in [0.5, 0.6) is 11.5 Å². The average molecular weight is 267 g/mol. The van der Waals surface area contributed by atoms with Gasteiger partial charge in [0.25, 0.3) is 0 Å². The van der Waals surface area contributed by atoms with Crippen molar-refractivity contribution in [2.24, 2.45) is 5.92 Å². The Balaban J connectivity index is 1.72. The molecule has 0 aromatic heterocycles. The fourth-order valence-electron chi connectivity index (χ4n) is 3.51. The molecule has 1 aromatic rings. The minimum absolute atomic E-state index is 0.316. The molecule has 20 heavy (non-hydrogen) atoms. The number of fused-ring (bicyclic) bond motifs is 2. The molecule has 0 spiro atoms. The molecule has 0 saturated carbocycles. The summed E-state index contributed by atoms with van der Waals surface area (Å²) in [6, 6.07) is 6.23. The standard InChI is InChI=1S/C17H17NO2/c18-13-7-11-3-1-2-4-14(11)15(9-13)12-5-6-16-17(8-12)20-10-19-16/h1,3,5-8,14-15,18H,2,4,9-10H2. The monoisotopic (exact) mass is 267 g/mol. The normalized spacial score (nSPS) is 27.2. The number of hydrogen-bond donors (Lipinski definition) is 1. The van der Waals surface area contributed by atoms with E-state index in [-0.39, 0.29) is 0 Å². The van der Waals surface area contributed by atoms with Crippen LogP contribution >= 0.6 is 0 Å². The third-order valence-corrected chi connectivity index (χ3v) is 4.47. The van der Waals surface area contributed by atoms with Gasteiger partial charge < -0.3 is 14.9 Å². The second-order valence-electron chi connectivity index (χ2n) is 5.68. The van der Waals surface area contributed by atoms with Gasteiger partial charge in [-0.2, -0.15) is 0 Å². The van der Waals surface area contributed by atoms with Crippen LogP contribution in [0.2, 0.25) is 0 Å². The van der Waals surface area contributed by atoms with Crippen LogP contribution in [0, 0.1) is 11.3 Å². The summed E-state index contributed by atoms with van der Waals surface area (Å²) < 4.78 is 10.9. The van der Waals surface area contributed by atoms with Crippen LogP contribution in [0.15, 0.2) is 42.0 Å². The summed E-state index contributed by atoms with van der Waals surface area (Å²) in [5.74, 6) is 2.60. The second kappa shape index (κ2) is 4.51. The smallest absolute Gasteiger partial charge is 0.231 e. The molecule has 1 N–H and O–H groups in total. The molecule has 3 heteroatoms. The molecular weight excluding hydrogens is 250 g/mol. The van der Waals surface area contributed by atoms with E-state index in [2.05, 4.69) is 24.3 Å². The number of benzene rings is 1. The molecular formula is C17H17NO2. The number of nitrogens with one attached hydrogen (secondary N) is 1. The van der Waals surface area contributed by atoms with Gasteiger partial charge in [-0.1, -0.05) is 18.2 Å². The highest BCUT2D eigenvalue weighted by Gasteiger charge is 2.31. The highest BCUT2D eigenvalue weighted by Crippen LogP contribution is 2.44. The van der Waals surface area contributed by atoms with E-state index >= 15 is 0 Å². The van der Waals surface area contributed by atoms with E-state index in [1.54, 1.807) is 0 Å².